The van der Waals surface area contributed by atoms with E-state index in [4.69, 9.17) is 19.8 Å². The second-order valence-electron chi connectivity index (χ2n) is 10.8. The van der Waals surface area contributed by atoms with Gasteiger partial charge in [0, 0.05) is 38.1 Å². The number of hydrogen-bond acceptors (Lipinski definition) is 9. The van der Waals surface area contributed by atoms with E-state index in [-0.39, 0.29) is 22.7 Å². The van der Waals surface area contributed by atoms with Gasteiger partial charge in [0.1, 0.15) is 0 Å². The van der Waals surface area contributed by atoms with E-state index < -0.39 is 18.2 Å². The van der Waals surface area contributed by atoms with Gasteiger partial charge < -0.3 is 19.8 Å². The number of piperidine rings is 1. The fourth-order valence-electron chi connectivity index (χ4n) is 5.49. The molecule has 0 spiro atoms. The number of aromatic nitrogens is 5. The number of ether oxygens (including phenoxy) is 1. The molecule has 0 radical (unpaired) electrons. The van der Waals surface area contributed by atoms with Crippen LogP contribution in [0.1, 0.15) is 41.4 Å². The van der Waals surface area contributed by atoms with Crippen LogP contribution in [0.15, 0.2) is 61.1 Å². The van der Waals surface area contributed by atoms with E-state index >= 15 is 0 Å². The lowest BCUT2D eigenvalue weighted by molar-refractivity contribution is -0.199. The van der Waals surface area contributed by atoms with Gasteiger partial charge in [-0.05, 0) is 61.2 Å². The summed E-state index contributed by atoms with van der Waals surface area (Å²) < 4.78 is 46.0. The minimum absolute atomic E-state index is 0.0449. The third-order valence-electron chi connectivity index (χ3n) is 7.89. The van der Waals surface area contributed by atoms with Crippen LogP contribution in [0, 0.1) is 0 Å². The Morgan fingerprint density at radius 2 is 1.83 bits per heavy atom. The van der Waals surface area contributed by atoms with Gasteiger partial charge in [-0.3, -0.25) is 9.78 Å². The third kappa shape index (κ3) is 6.63. The average molecular weight is 651 g/mol. The number of urea groups is 1. The number of amides is 3. The lowest BCUT2D eigenvalue weighted by Gasteiger charge is -2.32. The van der Waals surface area contributed by atoms with Crippen LogP contribution in [0.3, 0.4) is 0 Å². The lowest BCUT2D eigenvalue weighted by Crippen LogP contribution is -2.43. The lowest BCUT2D eigenvalue weighted by atomic mass is 10.0. The molecule has 0 atom stereocenters. The van der Waals surface area contributed by atoms with Crippen LogP contribution in [0.25, 0.3) is 28.0 Å². The van der Waals surface area contributed by atoms with E-state index in [0.29, 0.717) is 73.9 Å². The Balaban J connectivity index is 1.31. The zero-order chi connectivity index (χ0) is 33.1. The first-order valence-electron chi connectivity index (χ1n) is 14.8. The standard InChI is InChI=1S/C31H29F3N8O5/c1-35-30(45)42(47-29(44)31(32,33)34)23-6-4-20(5-7-23)26-38-25(19-10-15-46-16-11-19)24-18-37-41(27(24)39-26)22-8-13-40(14-9-22)28(43)21-3-2-12-36-17-21/h2-7,10,12,17-18,22H,8-9,11,13-16H2,1H3,(H,35,45). The molecule has 1 N–H and O–H groups in total. The molecule has 2 aliphatic heterocycles. The number of halogens is 3. The summed E-state index contributed by atoms with van der Waals surface area (Å²) in [4.78, 5) is 56.6. The second kappa shape index (κ2) is 13.2. The minimum Gasteiger partial charge on any atom is -0.377 e. The Labute approximate surface area is 265 Å². The van der Waals surface area contributed by atoms with Crippen LogP contribution < -0.4 is 10.4 Å². The maximum Gasteiger partial charge on any atom is 0.493 e. The number of alkyl halides is 3. The minimum atomic E-state index is -5.31. The summed E-state index contributed by atoms with van der Waals surface area (Å²) in [7, 11) is 1.19. The number of carbonyl (C=O) groups is 3. The Hall–Kier alpha value is -5.38. The van der Waals surface area contributed by atoms with Gasteiger partial charge in [0.05, 0.1) is 47.8 Å². The van der Waals surface area contributed by atoms with Crippen LogP contribution in [0.4, 0.5) is 23.7 Å². The van der Waals surface area contributed by atoms with Crippen LogP contribution in [-0.2, 0) is 14.4 Å². The molecule has 3 amide bonds. The summed E-state index contributed by atoms with van der Waals surface area (Å²) in [5.41, 5.74) is 3.13. The van der Waals surface area contributed by atoms with Crippen molar-refractivity contribution in [1.29, 1.82) is 0 Å². The molecule has 1 fully saturated rings. The van der Waals surface area contributed by atoms with Crippen molar-refractivity contribution in [2.24, 2.45) is 0 Å². The van der Waals surface area contributed by atoms with E-state index in [0.717, 1.165) is 11.0 Å². The molecule has 6 rings (SSSR count). The van der Waals surface area contributed by atoms with Gasteiger partial charge in [0.25, 0.3) is 5.91 Å². The van der Waals surface area contributed by atoms with Crippen molar-refractivity contribution in [2.75, 3.05) is 38.4 Å². The highest BCUT2D eigenvalue weighted by atomic mass is 19.4. The van der Waals surface area contributed by atoms with Crippen molar-refractivity contribution in [1.82, 2.24) is 34.9 Å². The molecule has 0 aliphatic carbocycles. The summed E-state index contributed by atoms with van der Waals surface area (Å²) in [5.74, 6) is -2.31. The number of hydroxylamine groups is 1. The zero-order valence-corrected chi connectivity index (χ0v) is 25.1. The first kappa shape index (κ1) is 31.6. The normalized spacial score (nSPS) is 15.7. The summed E-state index contributed by atoms with van der Waals surface area (Å²) in [6.45, 7) is 1.99. The number of fused-ring (bicyclic) bond motifs is 1. The molecule has 244 valence electrons. The van der Waals surface area contributed by atoms with Crippen LogP contribution >= 0.6 is 0 Å². The van der Waals surface area contributed by atoms with Crippen LogP contribution in [0.2, 0.25) is 0 Å². The largest absolute Gasteiger partial charge is 0.493 e. The number of hydrogen-bond donors (Lipinski definition) is 1. The molecular weight excluding hydrogens is 621 g/mol. The number of benzene rings is 1. The zero-order valence-electron chi connectivity index (χ0n) is 25.1. The van der Waals surface area contributed by atoms with Crippen LogP contribution in [0.5, 0.6) is 0 Å². The molecule has 5 heterocycles. The average Bonchev–Trinajstić information content (AvgIpc) is 3.54. The molecule has 0 unspecified atom stereocenters. The molecule has 1 saturated heterocycles. The Bertz CT molecular complexity index is 1820. The summed E-state index contributed by atoms with van der Waals surface area (Å²) >= 11 is 0. The smallest absolute Gasteiger partial charge is 0.377 e. The van der Waals surface area contributed by atoms with Gasteiger partial charge in [0.2, 0.25) is 0 Å². The van der Waals surface area contributed by atoms with Crippen molar-refractivity contribution in [2.45, 2.75) is 31.5 Å². The highest BCUT2D eigenvalue weighted by molar-refractivity contribution is 5.94. The van der Waals surface area contributed by atoms with Crippen molar-refractivity contribution >= 4 is 40.2 Å². The van der Waals surface area contributed by atoms with Gasteiger partial charge in [0.15, 0.2) is 11.5 Å². The number of nitrogens with one attached hydrogen (secondary N) is 1. The predicted octanol–water partition coefficient (Wildman–Crippen LogP) is 4.34. The van der Waals surface area contributed by atoms with Crippen molar-refractivity contribution < 1.29 is 37.1 Å². The summed E-state index contributed by atoms with van der Waals surface area (Å²) in [5, 5.41) is 7.82. The summed E-state index contributed by atoms with van der Waals surface area (Å²) in [6, 6.07) is 8.01. The van der Waals surface area contributed by atoms with Crippen molar-refractivity contribution in [3.05, 3.63) is 72.3 Å². The van der Waals surface area contributed by atoms with E-state index in [1.165, 1.54) is 31.3 Å². The Kier molecular flexibility index (Phi) is 8.84. The topological polar surface area (TPSA) is 145 Å². The number of rotatable bonds is 5. The van der Waals surface area contributed by atoms with Gasteiger partial charge in [-0.1, -0.05) is 6.08 Å². The SMILES string of the molecule is CNC(=O)N(OC(=O)C(F)(F)F)c1ccc(-c2nc(C3=CCOCC3)c3cnn(C4CCN(C(=O)c5cccnc5)CC4)c3n2)cc1. The van der Waals surface area contributed by atoms with Gasteiger partial charge in [-0.2, -0.15) is 18.3 Å². The number of nitrogens with zero attached hydrogens (tertiary/aromatic N) is 7. The molecule has 47 heavy (non-hydrogen) atoms. The van der Waals surface area contributed by atoms with Gasteiger partial charge in [-0.25, -0.2) is 24.2 Å². The number of anilines is 1. The van der Waals surface area contributed by atoms with Gasteiger partial charge >= 0.3 is 18.2 Å². The number of carbonyl (C=O) groups excluding carboxylic acids is 3. The molecule has 16 heteroatoms. The second-order valence-corrected chi connectivity index (χ2v) is 10.8. The van der Waals surface area contributed by atoms with E-state index in [1.807, 2.05) is 10.8 Å². The molecule has 1 aromatic carbocycles. The van der Waals surface area contributed by atoms with Crippen molar-refractivity contribution in [3.8, 4) is 11.4 Å². The molecule has 13 nitrogen and oxygen atoms in total. The molecule has 0 bridgehead atoms. The van der Waals surface area contributed by atoms with Crippen LogP contribution in [-0.4, -0.2) is 87.1 Å². The maximum atomic E-state index is 13.0. The third-order valence-corrected chi connectivity index (χ3v) is 7.89. The maximum absolute atomic E-state index is 13.0. The van der Waals surface area contributed by atoms with E-state index in [2.05, 4.69) is 15.1 Å². The highest BCUT2D eigenvalue weighted by Gasteiger charge is 2.43. The number of pyridine rings is 1. The Morgan fingerprint density at radius 1 is 1.06 bits per heavy atom. The first-order chi connectivity index (χ1) is 22.6. The van der Waals surface area contributed by atoms with E-state index in [1.54, 1.807) is 35.6 Å². The molecular formula is C31H29F3N8O5. The van der Waals surface area contributed by atoms with Gasteiger partial charge in [-0.15, -0.1) is 5.06 Å². The monoisotopic (exact) mass is 650 g/mol. The molecule has 4 aromatic rings. The molecule has 0 saturated carbocycles. The summed E-state index contributed by atoms with van der Waals surface area (Å²) in [6.07, 6.45) is 3.47. The Morgan fingerprint density at radius 3 is 2.47 bits per heavy atom. The fraction of sp³-hybridized carbons (Fsp3) is 0.323. The fourth-order valence-corrected chi connectivity index (χ4v) is 5.49. The first-order valence-corrected chi connectivity index (χ1v) is 14.8. The number of likely N-dealkylation sites (tertiary alicyclic amines) is 1. The molecule has 2 aliphatic rings. The predicted molar refractivity (Wildman–Crippen MR) is 162 cm³/mol. The highest BCUT2D eigenvalue weighted by Crippen LogP contribution is 2.33. The van der Waals surface area contributed by atoms with Crippen molar-refractivity contribution in [3.63, 3.8) is 0 Å². The van der Waals surface area contributed by atoms with E-state index in [9.17, 15) is 27.6 Å². The quantitative estimate of drug-likeness (QED) is 0.312. The molecule has 3 aromatic heterocycles.